The van der Waals surface area contributed by atoms with Crippen LogP contribution in [0.25, 0.3) is 0 Å². The quantitative estimate of drug-likeness (QED) is 0.917. The molecule has 1 unspecified atom stereocenters. The van der Waals surface area contributed by atoms with Gasteiger partial charge in [-0.05, 0) is 49.4 Å². The summed E-state index contributed by atoms with van der Waals surface area (Å²) in [5.41, 5.74) is 1.19. The van der Waals surface area contributed by atoms with Crippen molar-refractivity contribution in [3.63, 3.8) is 0 Å². The number of hydrogen-bond donors (Lipinski definition) is 1. The van der Waals surface area contributed by atoms with Gasteiger partial charge in [0.1, 0.15) is 11.5 Å². The van der Waals surface area contributed by atoms with E-state index in [0.717, 1.165) is 22.4 Å². The fourth-order valence-electron chi connectivity index (χ4n) is 1.89. The van der Waals surface area contributed by atoms with Crippen molar-refractivity contribution in [2.24, 2.45) is 0 Å². The maximum Gasteiger partial charge on any atom is 0.121 e. The number of halogens is 1. The topological polar surface area (TPSA) is 34.4 Å². The van der Waals surface area contributed by atoms with Crippen molar-refractivity contribution in [2.45, 2.75) is 12.5 Å². The summed E-state index contributed by atoms with van der Waals surface area (Å²) in [7, 11) is 3.61. The van der Waals surface area contributed by atoms with Crippen LogP contribution in [0.3, 0.4) is 0 Å². The van der Waals surface area contributed by atoms with Gasteiger partial charge in [-0.2, -0.15) is 0 Å². The van der Waals surface area contributed by atoms with Crippen LogP contribution < -0.4 is 10.1 Å². The molecule has 0 radical (unpaired) electrons. The van der Waals surface area contributed by atoms with Crippen molar-refractivity contribution in [3.8, 4) is 5.75 Å². The van der Waals surface area contributed by atoms with Gasteiger partial charge in [-0.15, -0.1) is 0 Å². The molecule has 0 aliphatic rings. The summed E-state index contributed by atoms with van der Waals surface area (Å²) in [6.07, 6.45) is 2.53. The van der Waals surface area contributed by atoms with E-state index in [9.17, 15) is 0 Å². The van der Waals surface area contributed by atoms with Gasteiger partial charge in [0.05, 0.1) is 19.4 Å². The first-order chi connectivity index (χ1) is 8.74. The van der Waals surface area contributed by atoms with Crippen LogP contribution in [0.4, 0.5) is 0 Å². The smallest absolute Gasteiger partial charge is 0.121 e. The number of hydrogen-bond acceptors (Lipinski definition) is 3. The normalized spacial score (nSPS) is 12.4. The highest BCUT2D eigenvalue weighted by atomic mass is 79.9. The lowest BCUT2D eigenvalue weighted by Gasteiger charge is -2.15. The fourth-order valence-corrected chi connectivity index (χ4v) is 2.30. The van der Waals surface area contributed by atoms with Gasteiger partial charge in [-0.1, -0.05) is 15.9 Å². The summed E-state index contributed by atoms with van der Waals surface area (Å²) in [5, 5.41) is 3.26. The van der Waals surface area contributed by atoms with Crippen LogP contribution in [0.15, 0.2) is 45.5 Å². The maximum absolute atomic E-state index is 5.45. The highest BCUT2D eigenvalue weighted by molar-refractivity contribution is 9.10. The number of benzene rings is 1. The third-order valence-electron chi connectivity index (χ3n) is 2.91. The van der Waals surface area contributed by atoms with Gasteiger partial charge in [0.2, 0.25) is 0 Å². The van der Waals surface area contributed by atoms with Crippen molar-refractivity contribution in [1.82, 2.24) is 5.32 Å². The van der Waals surface area contributed by atoms with Crippen molar-refractivity contribution in [3.05, 3.63) is 52.4 Å². The SMILES string of the molecule is CNC(Cc1cc(OC)ccc1Br)c1ccco1. The average molecular weight is 310 g/mol. The van der Waals surface area contributed by atoms with Crippen molar-refractivity contribution >= 4 is 15.9 Å². The van der Waals surface area contributed by atoms with Crippen LogP contribution in [0.2, 0.25) is 0 Å². The molecule has 0 saturated carbocycles. The van der Waals surface area contributed by atoms with Gasteiger partial charge < -0.3 is 14.5 Å². The van der Waals surface area contributed by atoms with Crippen molar-refractivity contribution < 1.29 is 9.15 Å². The number of likely N-dealkylation sites (N-methyl/N-ethyl adjacent to an activating group) is 1. The molecule has 3 nitrogen and oxygen atoms in total. The van der Waals surface area contributed by atoms with Gasteiger partial charge in [-0.3, -0.25) is 0 Å². The van der Waals surface area contributed by atoms with Crippen LogP contribution in [0.5, 0.6) is 5.75 Å². The van der Waals surface area contributed by atoms with Gasteiger partial charge in [0.25, 0.3) is 0 Å². The third-order valence-corrected chi connectivity index (χ3v) is 3.69. The Balaban J connectivity index is 2.21. The molecule has 0 fully saturated rings. The lowest BCUT2D eigenvalue weighted by Crippen LogP contribution is -2.18. The second kappa shape index (κ2) is 6.07. The van der Waals surface area contributed by atoms with Gasteiger partial charge in [0, 0.05) is 4.47 Å². The number of nitrogens with one attached hydrogen (secondary N) is 1. The Morgan fingerprint density at radius 2 is 2.22 bits per heavy atom. The molecule has 1 N–H and O–H groups in total. The molecule has 0 bridgehead atoms. The van der Waals surface area contributed by atoms with Crippen LogP contribution in [0.1, 0.15) is 17.4 Å². The Morgan fingerprint density at radius 3 is 2.83 bits per heavy atom. The molecule has 2 aromatic rings. The summed E-state index contributed by atoms with van der Waals surface area (Å²) < 4.78 is 11.8. The zero-order valence-electron chi connectivity index (χ0n) is 10.4. The maximum atomic E-state index is 5.45. The summed E-state index contributed by atoms with van der Waals surface area (Å²) >= 11 is 3.57. The van der Waals surface area contributed by atoms with E-state index in [0.29, 0.717) is 0 Å². The van der Waals surface area contributed by atoms with E-state index in [1.165, 1.54) is 5.56 Å². The Kier molecular flexibility index (Phi) is 4.44. The zero-order chi connectivity index (χ0) is 13.0. The molecule has 18 heavy (non-hydrogen) atoms. The Morgan fingerprint density at radius 1 is 1.39 bits per heavy atom. The minimum atomic E-state index is 0.156. The molecule has 0 saturated heterocycles. The zero-order valence-corrected chi connectivity index (χ0v) is 12.0. The van der Waals surface area contributed by atoms with E-state index in [1.807, 2.05) is 37.4 Å². The molecule has 96 valence electrons. The number of ether oxygens (including phenoxy) is 1. The van der Waals surface area contributed by atoms with Crippen LogP contribution in [-0.4, -0.2) is 14.2 Å². The van der Waals surface area contributed by atoms with Crippen molar-refractivity contribution in [2.75, 3.05) is 14.2 Å². The molecule has 0 amide bonds. The molecule has 2 rings (SSSR count). The monoisotopic (exact) mass is 309 g/mol. The van der Waals surface area contributed by atoms with E-state index in [4.69, 9.17) is 9.15 Å². The summed E-state index contributed by atoms with van der Waals surface area (Å²) in [6, 6.07) is 10.0. The second-order valence-electron chi connectivity index (χ2n) is 4.02. The number of methoxy groups -OCH3 is 1. The Labute approximate surface area is 115 Å². The highest BCUT2D eigenvalue weighted by Crippen LogP contribution is 2.27. The predicted octanol–water partition coefficient (Wildman–Crippen LogP) is 3.55. The minimum absolute atomic E-state index is 0.156. The Hall–Kier alpha value is -1.26. The van der Waals surface area contributed by atoms with Crippen LogP contribution >= 0.6 is 15.9 Å². The first-order valence-electron chi connectivity index (χ1n) is 5.77. The molecule has 0 spiro atoms. The first-order valence-corrected chi connectivity index (χ1v) is 6.57. The molecule has 0 aliphatic carbocycles. The lowest BCUT2D eigenvalue weighted by atomic mass is 10.0. The number of furan rings is 1. The summed E-state index contributed by atoms with van der Waals surface area (Å²) in [5.74, 6) is 1.80. The fraction of sp³-hybridized carbons (Fsp3) is 0.286. The molecule has 1 atom stereocenters. The van der Waals surface area contributed by atoms with E-state index < -0.39 is 0 Å². The van der Waals surface area contributed by atoms with Gasteiger partial charge in [-0.25, -0.2) is 0 Å². The van der Waals surface area contributed by atoms with E-state index >= 15 is 0 Å². The highest BCUT2D eigenvalue weighted by Gasteiger charge is 2.14. The molecular weight excluding hydrogens is 294 g/mol. The molecular formula is C14H16BrNO2. The van der Waals surface area contributed by atoms with Crippen molar-refractivity contribution in [1.29, 1.82) is 0 Å². The molecule has 0 aliphatic heterocycles. The van der Waals surface area contributed by atoms with E-state index in [2.05, 4.69) is 21.2 Å². The molecule has 1 aromatic heterocycles. The first kappa shape index (κ1) is 13.2. The molecule has 4 heteroatoms. The minimum Gasteiger partial charge on any atom is -0.497 e. The summed E-state index contributed by atoms with van der Waals surface area (Å²) in [4.78, 5) is 0. The summed E-state index contributed by atoms with van der Waals surface area (Å²) in [6.45, 7) is 0. The second-order valence-corrected chi connectivity index (χ2v) is 4.87. The van der Waals surface area contributed by atoms with Crippen LogP contribution in [0, 0.1) is 0 Å². The molecule has 1 heterocycles. The largest absolute Gasteiger partial charge is 0.497 e. The van der Waals surface area contributed by atoms with E-state index in [-0.39, 0.29) is 6.04 Å². The Bertz CT molecular complexity index is 497. The number of rotatable bonds is 5. The standard InChI is InChI=1S/C14H16BrNO2/c1-16-13(14-4-3-7-18-14)9-10-8-11(17-2)5-6-12(10)15/h3-8,13,16H,9H2,1-2H3. The predicted molar refractivity (Wildman–Crippen MR) is 74.9 cm³/mol. The third kappa shape index (κ3) is 2.94. The van der Waals surface area contributed by atoms with Gasteiger partial charge in [0.15, 0.2) is 0 Å². The molecule has 1 aromatic carbocycles. The lowest BCUT2D eigenvalue weighted by molar-refractivity contribution is 0.411. The van der Waals surface area contributed by atoms with Gasteiger partial charge >= 0.3 is 0 Å². The average Bonchev–Trinajstić information content (AvgIpc) is 2.91. The van der Waals surface area contributed by atoms with Crippen LogP contribution in [-0.2, 0) is 6.42 Å². The van der Waals surface area contributed by atoms with E-state index in [1.54, 1.807) is 13.4 Å².